The molecule has 0 atom stereocenters. The third-order valence-corrected chi connectivity index (χ3v) is 2.24. The van der Waals surface area contributed by atoms with Crippen LogP contribution in [0.25, 0.3) is 11.0 Å². The number of aromatic nitrogens is 3. The smallest absolute Gasteiger partial charge is 0.132 e. The van der Waals surface area contributed by atoms with Gasteiger partial charge in [0.25, 0.3) is 0 Å². The van der Waals surface area contributed by atoms with Crippen molar-refractivity contribution in [1.82, 2.24) is 14.8 Å². The topological polar surface area (TPSA) is 30.7 Å². The van der Waals surface area contributed by atoms with E-state index in [2.05, 4.69) is 10.1 Å². The van der Waals surface area contributed by atoms with E-state index in [1.165, 1.54) is 0 Å². The van der Waals surface area contributed by atoms with E-state index >= 15 is 0 Å². The van der Waals surface area contributed by atoms with E-state index in [4.69, 9.17) is 11.6 Å². The van der Waals surface area contributed by atoms with Crippen LogP contribution in [0.2, 0.25) is 5.15 Å². The summed E-state index contributed by atoms with van der Waals surface area (Å²) in [6.45, 7) is 1.93. The highest BCUT2D eigenvalue weighted by Gasteiger charge is 2.03. The van der Waals surface area contributed by atoms with Crippen LogP contribution < -0.4 is 0 Å². The Hall–Kier alpha value is -1.09. The van der Waals surface area contributed by atoms with Crippen molar-refractivity contribution in [3.8, 4) is 0 Å². The van der Waals surface area contributed by atoms with Crippen LogP contribution in [0.1, 0.15) is 5.56 Å². The van der Waals surface area contributed by atoms with Crippen molar-refractivity contribution in [3.63, 3.8) is 0 Å². The quantitative estimate of drug-likeness (QED) is 0.582. The molecule has 0 aliphatic carbocycles. The molecular formula is C8H8ClN3. The molecule has 0 saturated carbocycles. The summed E-state index contributed by atoms with van der Waals surface area (Å²) in [7, 11) is 1.89. The lowest BCUT2D eigenvalue weighted by Crippen LogP contribution is -1.90. The van der Waals surface area contributed by atoms with Crippen LogP contribution in [0.4, 0.5) is 0 Å². The molecule has 0 radical (unpaired) electrons. The summed E-state index contributed by atoms with van der Waals surface area (Å²) in [4.78, 5) is 4.18. The predicted octanol–water partition coefficient (Wildman–Crippen LogP) is 1.93. The van der Waals surface area contributed by atoms with E-state index in [1.54, 1.807) is 10.9 Å². The summed E-state index contributed by atoms with van der Waals surface area (Å²) in [6.07, 6.45) is 1.71. The maximum atomic E-state index is 5.85. The van der Waals surface area contributed by atoms with Crippen molar-refractivity contribution in [2.45, 2.75) is 6.92 Å². The van der Waals surface area contributed by atoms with E-state index < -0.39 is 0 Å². The normalized spacial score (nSPS) is 10.9. The summed E-state index contributed by atoms with van der Waals surface area (Å²) in [5, 5.41) is 4.62. The highest BCUT2D eigenvalue weighted by molar-refractivity contribution is 6.30. The first-order valence-corrected chi connectivity index (χ1v) is 4.01. The number of hydrogen-bond acceptors (Lipinski definition) is 2. The molecule has 0 unspecified atom stereocenters. The van der Waals surface area contributed by atoms with Gasteiger partial charge < -0.3 is 0 Å². The largest absolute Gasteiger partial charge is 0.266 e. The summed E-state index contributed by atoms with van der Waals surface area (Å²) < 4.78 is 1.78. The van der Waals surface area contributed by atoms with Crippen LogP contribution >= 0.6 is 11.6 Å². The summed E-state index contributed by atoms with van der Waals surface area (Å²) in [6, 6.07) is 1.98. The van der Waals surface area contributed by atoms with E-state index in [-0.39, 0.29) is 0 Å². The molecule has 2 rings (SSSR count). The summed E-state index contributed by atoms with van der Waals surface area (Å²) in [5.41, 5.74) is 2.83. The van der Waals surface area contributed by atoms with E-state index in [0.29, 0.717) is 5.15 Å². The molecule has 0 aromatic carbocycles. The molecule has 2 heterocycles. The molecule has 0 aliphatic rings. The SMILES string of the molecule is Cc1cc2c(cnn2C)nc1Cl. The lowest BCUT2D eigenvalue weighted by molar-refractivity contribution is 0.796. The molecule has 0 aliphatic heterocycles. The maximum absolute atomic E-state index is 5.85. The zero-order valence-corrected chi connectivity index (χ0v) is 7.63. The van der Waals surface area contributed by atoms with Crippen LogP contribution in [0.3, 0.4) is 0 Å². The number of nitrogens with zero attached hydrogens (tertiary/aromatic N) is 3. The molecule has 0 N–H and O–H groups in total. The maximum Gasteiger partial charge on any atom is 0.132 e. The van der Waals surface area contributed by atoms with Crippen LogP contribution in [0.15, 0.2) is 12.3 Å². The van der Waals surface area contributed by atoms with Gasteiger partial charge in [-0.2, -0.15) is 5.10 Å². The summed E-state index contributed by atoms with van der Waals surface area (Å²) in [5.74, 6) is 0. The minimum absolute atomic E-state index is 0.551. The van der Waals surface area contributed by atoms with Crippen molar-refractivity contribution >= 4 is 22.6 Å². The van der Waals surface area contributed by atoms with Gasteiger partial charge in [-0.1, -0.05) is 11.6 Å². The first-order valence-electron chi connectivity index (χ1n) is 3.63. The highest BCUT2D eigenvalue weighted by Crippen LogP contribution is 2.18. The molecule has 0 amide bonds. The molecule has 0 fully saturated rings. The molecule has 0 spiro atoms. The van der Waals surface area contributed by atoms with Gasteiger partial charge in [0, 0.05) is 7.05 Å². The van der Waals surface area contributed by atoms with E-state index in [9.17, 15) is 0 Å². The second-order valence-corrected chi connectivity index (χ2v) is 3.13. The second-order valence-electron chi connectivity index (χ2n) is 2.77. The fourth-order valence-electron chi connectivity index (χ4n) is 1.15. The van der Waals surface area contributed by atoms with Crippen molar-refractivity contribution in [2.24, 2.45) is 7.05 Å². The number of halogens is 1. The highest BCUT2D eigenvalue weighted by atomic mass is 35.5. The molecule has 0 bridgehead atoms. The monoisotopic (exact) mass is 181 g/mol. The van der Waals surface area contributed by atoms with Crippen molar-refractivity contribution in [2.75, 3.05) is 0 Å². The lowest BCUT2D eigenvalue weighted by Gasteiger charge is -1.97. The molecule has 4 heteroatoms. The summed E-state index contributed by atoms with van der Waals surface area (Å²) >= 11 is 5.85. The van der Waals surface area contributed by atoms with E-state index in [1.807, 2.05) is 20.0 Å². The number of rotatable bonds is 0. The van der Waals surface area contributed by atoms with Crippen LogP contribution in [-0.2, 0) is 7.05 Å². The van der Waals surface area contributed by atoms with Crippen LogP contribution in [-0.4, -0.2) is 14.8 Å². The standard InChI is InChI=1S/C8H8ClN3/c1-5-3-7-6(11-8(5)9)4-10-12(7)2/h3-4H,1-2H3. The Balaban J connectivity index is 2.87. The molecule has 0 saturated heterocycles. The number of hydrogen-bond donors (Lipinski definition) is 0. The molecule has 2 aromatic heterocycles. The number of pyridine rings is 1. The zero-order valence-electron chi connectivity index (χ0n) is 6.87. The number of fused-ring (bicyclic) bond motifs is 1. The van der Waals surface area contributed by atoms with Gasteiger partial charge in [0.1, 0.15) is 10.7 Å². The minimum atomic E-state index is 0.551. The third-order valence-electron chi connectivity index (χ3n) is 1.86. The Morgan fingerprint density at radius 3 is 3.00 bits per heavy atom. The molecule has 12 heavy (non-hydrogen) atoms. The average Bonchev–Trinajstić information content (AvgIpc) is 2.35. The Morgan fingerprint density at radius 1 is 1.50 bits per heavy atom. The molecular weight excluding hydrogens is 174 g/mol. The van der Waals surface area contributed by atoms with Crippen molar-refractivity contribution < 1.29 is 0 Å². The Labute approximate surface area is 75.0 Å². The van der Waals surface area contributed by atoms with Gasteiger partial charge in [-0.3, -0.25) is 4.68 Å². The van der Waals surface area contributed by atoms with Gasteiger partial charge in [-0.05, 0) is 18.6 Å². The van der Waals surface area contributed by atoms with Crippen LogP contribution in [0.5, 0.6) is 0 Å². The first kappa shape index (κ1) is 7.55. The van der Waals surface area contributed by atoms with Crippen molar-refractivity contribution in [3.05, 3.63) is 23.0 Å². The van der Waals surface area contributed by atoms with Gasteiger partial charge in [0.05, 0.1) is 11.7 Å². The number of aryl methyl sites for hydroxylation is 2. The Bertz CT molecular complexity index is 433. The van der Waals surface area contributed by atoms with Gasteiger partial charge in [-0.25, -0.2) is 4.98 Å². The van der Waals surface area contributed by atoms with Crippen molar-refractivity contribution in [1.29, 1.82) is 0 Å². The van der Waals surface area contributed by atoms with Gasteiger partial charge >= 0.3 is 0 Å². The van der Waals surface area contributed by atoms with Gasteiger partial charge in [0.15, 0.2) is 0 Å². The first-order chi connectivity index (χ1) is 5.68. The van der Waals surface area contributed by atoms with Gasteiger partial charge in [-0.15, -0.1) is 0 Å². The van der Waals surface area contributed by atoms with Gasteiger partial charge in [0.2, 0.25) is 0 Å². The second kappa shape index (κ2) is 2.45. The molecule has 2 aromatic rings. The lowest BCUT2D eigenvalue weighted by atomic mass is 10.3. The predicted molar refractivity (Wildman–Crippen MR) is 48.3 cm³/mol. The average molecular weight is 182 g/mol. The minimum Gasteiger partial charge on any atom is -0.266 e. The Kier molecular flexibility index (Phi) is 1.54. The van der Waals surface area contributed by atoms with E-state index in [0.717, 1.165) is 16.6 Å². The fourth-order valence-corrected chi connectivity index (χ4v) is 1.29. The molecule has 3 nitrogen and oxygen atoms in total. The fraction of sp³-hybridized carbons (Fsp3) is 0.250. The zero-order chi connectivity index (χ0) is 8.72. The Morgan fingerprint density at radius 2 is 2.25 bits per heavy atom. The third kappa shape index (κ3) is 0.975. The van der Waals surface area contributed by atoms with Crippen LogP contribution in [0, 0.1) is 6.92 Å². The molecule has 62 valence electrons.